The Balaban J connectivity index is 1.68. The predicted octanol–water partition coefficient (Wildman–Crippen LogP) is 3.64. The fourth-order valence-electron chi connectivity index (χ4n) is 5.12. The van der Waals surface area contributed by atoms with Crippen LogP contribution in [0.15, 0.2) is 54.6 Å². The van der Waals surface area contributed by atoms with Gasteiger partial charge in [0.05, 0.1) is 16.7 Å². The lowest BCUT2D eigenvalue weighted by Crippen LogP contribution is -2.28. The summed E-state index contributed by atoms with van der Waals surface area (Å²) in [6.45, 7) is 5.34. The summed E-state index contributed by atoms with van der Waals surface area (Å²) in [6.07, 6.45) is 0. The van der Waals surface area contributed by atoms with Gasteiger partial charge in [-0.2, -0.15) is 0 Å². The number of rotatable bonds is 9. The standard InChI is InChI=1S/C33H33N3O9/c1-16-22(13-34-31(43)19-7-4-10-25(37)28(19)40)17(2)24(15-36-33(45)21-9-6-12-27(39)30(21)42)18(3)23(16)14-35-32(44)20-8-5-11-26(38)29(20)41/h4-12,37-42H,13-15H2,1-3H3,(H,34,43)(H,35,44)(H,36,45). The maximum Gasteiger partial charge on any atom is 0.255 e. The highest BCUT2D eigenvalue weighted by Crippen LogP contribution is 2.32. The molecule has 0 aliphatic carbocycles. The van der Waals surface area contributed by atoms with E-state index in [9.17, 15) is 45.0 Å². The van der Waals surface area contributed by atoms with Gasteiger partial charge in [-0.25, -0.2) is 0 Å². The lowest BCUT2D eigenvalue weighted by Gasteiger charge is -2.23. The number of hydrogen-bond acceptors (Lipinski definition) is 9. The van der Waals surface area contributed by atoms with E-state index in [-0.39, 0.29) is 36.3 Å². The summed E-state index contributed by atoms with van der Waals surface area (Å²) >= 11 is 0. The maximum atomic E-state index is 12.9. The highest BCUT2D eigenvalue weighted by atomic mass is 16.3. The second-order valence-corrected chi connectivity index (χ2v) is 10.4. The number of nitrogens with one attached hydrogen (secondary N) is 3. The number of para-hydroxylation sites is 3. The molecule has 0 aliphatic heterocycles. The van der Waals surface area contributed by atoms with Crippen LogP contribution in [0.4, 0.5) is 0 Å². The third-order valence-electron chi connectivity index (χ3n) is 7.77. The van der Waals surface area contributed by atoms with Gasteiger partial charge in [-0.05, 0) is 90.6 Å². The first-order valence-electron chi connectivity index (χ1n) is 13.8. The number of phenolic OH excluding ortho intramolecular Hbond substituents is 6. The van der Waals surface area contributed by atoms with Crippen molar-refractivity contribution >= 4 is 17.7 Å². The van der Waals surface area contributed by atoms with E-state index in [1.807, 2.05) is 0 Å². The topological polar surface area (TPSA) is 209 Å². The van der Waals surface area contributed by atoms with Gasteiger partial charge in [0, 0.05) is 19.6 Å². The molecule has 12 nitrogen and oxygen atoms in total. The van der Waals surface area contributed by atoms with Crippen molar-refractivity contribution in [1.82, 2.24) is 16.0 Å². The Morgan fingerprint density at radius 3 is 0.956 bits per heavy atom. The van der Waals surface area contributed by atoms with E-state index in [0.717, 1.165) is 0 Å². The largest absolute Gasteiger partial charge is 0.504 e. The molecule has 12 heteroatoms. The quantitative estimate of drug-likeness (QED) is 0.126. The summed E-state index contributed by atoms with van der Waals surface area (Å²) in [5, 5.41) is 68.1. The Kier molecular flexibility index (Phi) is 9.37. The molecule has 0 aromatic heterocycles. The van der Waals surface area contributed by atoms with Gasteiger partial charge >= 0.3 is 0 Å². The Bertz CT molecular complexity index is 1590. The van der Waals surface area contributed by atoms with Gasteiger partial charge in [-0.15, -0.1) is 0 Å². The summed E-state index contributed by atoms with van der Waals surface area (Å²) in [7, 11) is 0. The minimum absolute atomic E-state index is 0.0194. The molecular formula is C33H33N3O9. The van der Waals surface area contributed by atoms with E-state index >= 15 is 0 Å². The van der Waals surface area contributed by atoms with E-state index in [4.69, 9.17) is 0 Å². The highest BCUT2D eigenvalue weighted by Gasteiger charge is 2.22. The zero-order valence-electron chi connectivity index (χ0n) is 24.7. The van der Waals surface area contributed by atoms with E-state index < -0.39 is 52.2 Å². The Morgan fingerprint density at radius 2 is 0.711 bits per heavy atom. The number of carbonyl (C=O) groups excluding carboxylic acids is 3. The normalized spacial score (nSPS) is 10.7. The van der Waals surface area contributed by atoms with Crippen molar-refractivity contribution in [3.05, 3.63) is 105 Å². The molecule has 0 heterocycles. The van der Waals surface area contributed by atoms with Crippen LogP contribution in [-0.4, -0.2) is 48.4 Å². The van der Waals surface area contributed by atoms with E-state index in [2.05, 4.69) is 16.0 Å². The number of aromatic hydroxyl groups is 6. The summed E-state index contributed by atoms with van der Waals surface area (Å²) in [5.74, 6) is -4.98. The van der Waals surface area contributed by atoms with Gasteiger partial charge < -0.3 is 46.6 Å². The smallest absolute Gasteiger partial charge is 0.255 e. The summed E-state index contributed by atoms with van der Waals surface area (Å²) in [5.41, 5.74) is 3.72. The second kappa shape index (κ2) is 13.2. The molecule has 4 aromatic carbocycles. The van der Waals surface area contributed by atoms with Gasteiger partial charge in [0.1, 0.15) is 0 Å². The molecule has 0 atom stereocenters. The van der Waals surface area contributed by atoms with E-state index in [0.29, 0.717) is 33.4 Å². The molecule has 0 saturated carbocycles. The summed E-state index contributed by atoms with van der Waals surface area (Å²) < 4.78 is 0. The first-order chi connectivity index (χ1) is 21.3. The van der Waals surface area contributed by atoms with Gasteiger partial charge in [0.25, 0.3) is 17.7 Å². The summed E-state index contributed by atoms with van der Waals surface area (Å²) in [6, 6.07) is 12.1. The molecule has 4 aromatic rings. The average molecular weight is 616 g/mol. The fraction of sp³-hybridized carbons (Fsp3) is 0.182. The zero-order valence-corrected chi connectivity index (χ0v) is 24.7. The zero-order chi connectivity index (χ0) is 33.0. The van der Waals surface area contributed by atoms with E-state index in [1.54, 1.807) is 20.8 Å². The molecule has 0 radical (unpaired) electrons. The molecule has 3 amide bonds. The second-order valence-electron chi connectivity index (χ2n) is 10.4. The molecule has 4 rings (SSSR count). The van der Waals surface area contributed by atoms with Crippen LogP contribution in [0.5, 0.6) is 34.5 Å². The number of benzene rings is 4. The maximum absolute atomic E-state index is 12.9. The SMILES string of the molecule is Cc1c(CNC(=O)c2cccc(O)c2O)c(C)c(CNC(=O)c2cccc(O)c2O)c(C)c1CNC(=O)c1cccc(O)c1O. The molecule has 0 saturated heterocycles. The van der Waals surface area contributed by atoms with Crippen LogP contribution in [0.3, 0.4) is 0 Å². The van der Waals surface area contributed by atoms with Crippen molar-refractivity contribution in [3.8, 4) is 34.5 Å². The Hall–Kier alpha value is -5.91. The van der Waals surface area contributed by atoms with Gasteiger partial charge in [0.15, 0.2) is 34.5 Å². The van der Waals surface area contributed by atoms with Crippen molar-refractivity contribution in [2.75, 3.05) is 0 Å². The van der Waals surface area contributed by atoms with Crippen molar-refractivity contribution < 1.29 is 45.0 Å². The number of phenols is 6. The first kappa shape index (κ1) is 32.0. The van der Waals surface area contributed by atoms with Crippen LogP contribution in [0.1, 0.15) is 64.5 Å². The van der Waals surface area contributed by atoms with E-state index in [1.165, 1.54) is 54.6 Å². The molecular weight excluding hydrogens is 582 g/mol. The van der Waals surface area contributed by atoms with Crippen LogP contribution in [0.2, 0.25) is 0 Å². The number of amides is 3. The van der Waals surface area contributed by atoms with Gasteiger partial charge in [0.2, 0.25) is 0 Å². The lowest BCUT2D eigenvalue weighted by atomic mass is 9.87. The lowest BCUT2D eigenvalue weighted by molar-refractivity contribution is 0.0940. The third kappa shape index (κ3) is 6.54. The predicted molar refractivity (Wildman–Crippen MR) is 163 cm³/mol. The molecule has 9 N–H and O–H groups in total. The minimum atomic E-state index is -0.647. The van der Waals surface area contributed by atoms with Crippen LogP contribution in [0.25, 0.3) is 0 Å². The highest BCUT2D eigenvalue weighted by molar-refractivity contribution is 5.99. The van der Waals surface area contributed by atoms with Gasteiger partial charge in [-0.3, -0.25) is 14.4 Å². The van der Waals surface area contributed by atoms with Crippen molar-refractivity contribution in [1.29, 1.82) is 0 Å². The molecule has 45 heavy (non-hydrogen) atoms. The fourth-order valence-corrected chi connectivity index (χ4v) is 5.12. The van der Waals surface area contributed by atoms with Crippen LogP contribution < -0.4 is 16.0 Å². The molecule has 0 unspecified atom stereocenters. The first-order valence-corrected chi connectivity index (χ1v) is 13.8. The molecule has 234 valence electrons. The molecule has 0 spiro atoms. The van der Waals surface area contributed by atoms with Crippen molar-refractivity contribution in [3.63, 3.8) is 0 Å². The minimum Gasteiger partial charge on any atom is -0.504 e. The third-order valence-corrected chi connectivity index (χ3v) is 7.77. The van der Waals surface area contributed by atoms with Crippen LogP contribution in [0, 0.1) is 20.8 Å². The van der Waals surface area contributed by atoms with Crippen LogP contribution in [-0.2, 0) is 19.6 Å². The van der Waals surface area contributed by atoms with Crippen LogP contribution >= 0.6 is 0 Å². The monoisotopic (exact) mass is 615 g/mol. The van der Waals surface area contributed by atoms with Crippen molar-refractivity contribution in [2.24, 2.45) is 0 Å². The average Bonchev–Trinajstić information content (AvgIpc) is 3.00. The molecule has 0 bridgehead atoms. The molecule has 0 aliphatic rings. The van der Waals surface area contributed by atoms with Gasteiger partial charge in [-0.1, -0.05) is 18.2 Å². The number of hydrogen-bond donors (Lipinski definition) is 9. The summed E-state index contributed by atoms with van der Waals surface area (Å²) in [4.78, 5) is 38.8. The Labute approximate surface area is 258 Å². The Morgan fingerprint density at radius 1 is 0.467 bits per heavy atom. The number of carbonyl (C=O) groups is 3. The molecule has 0 fully saturated rings. The van der Waals surface area contributed by atoms with Crippen molar-refractivity contribution in [2.45, 2.75) is 40.4 Å².